The van der Waals surface area contributed by atoms with Crippen LogP contribution in [0.4, 0.5) is 4.79 Å². The number of ether oxygens (including phenoxy) is 2. The number of benzene rings is 1. The normalized spacial score (nSPS) is 12.1. The highest BCUT2D eigenvalue weighted by Gasteiger charge is 2.19. The Morgan fingerprint density at radius 3 is 2.57 bits per heavy atom. The quantitative estimate of drug-likeness (QED) is 0.398. The SMILES string of the molecule is CCCCOC(CCCC)c1cccc(OC(=O)O)c1O. The fourth-order valence-electron chi connectivity index (χ4n) is 2.06. The highest BCUT2D eigenvalue weighted by atomic mass is 16.7. The second-order valence-electron chi connectivity index (χ2n) is 4.92. The van der Waals surface area contributed by atoms with Gasteiger partial charge in [-0.2, -0.15) is 0 Å². The van der Waals surface area contributed by atoms with Crippen LogP contribution in [0.3, 0.4) is 0 Å². The van der Waals surface area contributed by atoms with Gasteiger partial charge in [-0.1, -0.05) is 45.2 Å². The number of carboxylic acid groups (broad SMARTS) is 1. The molecular weight excluding hydrogens is 272 g/mol. The Bertz CT molecular complexity index is 444. The summed E-state index contributed by atoms with van der Waals surface area (Å²) in [5.41, 5.74) is 0.582. The van der Waals surface area contributed by atoms with E-state index in [1.807, 2.05) is 0 Å². The van der Waals surface area contributed by atoms with Crippen molar-refractivity contribution in [2.75, 3.05) is 6.61 Å². The predicted molar refractivity (Wildman–Crippen MR) is 79.9 cm³/mol. The summed E-state index contributed by atoms with van der Waals surface area (Å²) in [6, 6.07) is 4.83. The zero-order valence-corrected chi connectivity index (χ0v) is 12.7. The first-order chi connectivity index (χ1) is 10.1. The van der Waals surface area contributed by atoms with Gasteiger partial charge in [0.25, 0.3) is 0 Å². The summed E-state index contributed by atoms with van der Waals surface area (Å²) in [5, 5.41) is 18.9. The van der Waals surface area contributed by atoms with Gasteiger partial charge >= 0.3 is 6.16 Å². The van der Waals surface area contributed by atoms with Crippen molar-refractivity contribution in [2.45, 2.75) is 52.1 Å². The lowest BCUT2D eigenvalue weighted by Crippen LogP contribution is -2.08. The molecule has 0 bridgehead atoms. The number of aromatic hydroxyl groups is 1. The molecule has 0 radical (unpaired) electrons. The van der Waals surface area contributed by atoms with Crippen LogP contribution in [0, 0.1) is 0 Å². The third kappa shape index (κ3) is 5.63. The summed E-state index contributed by atoms with van der Waals surface area (Å²) in [4.78, 5) is 10.6. The summed E-state index contributed by atoms with van der Waals surface area (Å²) in [5.74, 6) is -0.210. The number of hydrogen-bond donors (Lipinski definition) is 2. The van der Waals surface area contributed by atoms with E-state index in [0.717, 1.165) is 32.1 Å². The number of phenolic OH excluding ortho intramolecular Hbond substituents is 1. The Morgan fingerprint density at radius 2 is 1.95 bits per heavy atom. The first-order valence-corrected chi connectivity index (χ1v) is 7.44. The molecule has 21 heavy (non-hydrogen) atoms. The van der Waals surface area contributed by atoms with Crippen molar-refractivity contribution in [3.63, 3.8) is 0 Å². The Balaban J connectivity index is 2.91. The van der Waals surface area contributed by atoms with Crippen LogP contribution in [0.1, 0.15) is 57.6 Å². The minimum atomic E-state index is -1.44. The molecule has 0 saturated heterocycles. The van der Waals surface area contributed by atoms with E-state index in [1.54, 1.807) is 12.1 Å². The van der Waals surface area contributed by atoms with Crippen LogP contribution in [0.15, 0.2) is 18.2 Å². The largest absolute Gasteiger partial charge is 0.511 e. The van der Waals surface area contributed by atoms with E-state index in [2.05, 4.69) is 18.6 Å². The minimum absolute atomic E-state index is 0.0550. The zero-order chi connectivity index (χ0) is 15.7. The lowest BCUT2D eigenvalue weighted by atomic mass is 10.0. The molecule has 0 aliphatic carbocycles. The van der Waals surface area contributed by atoms with Crippen molar-refractivity contribution in [2.24, 2.45) is 0 Å². The van der Waals surface area contributed by atoms with E-state index in [1.165, 1.54) is 6.07 Å². The molecule has 0 aromatic heterocycles. The molecule has 1 aromatic rings. The monoisotopic (exact) mass is 296 g/mol. The molecule has 1 aromatic carbocycles. The van der Waals surface area contributed by atoms with Gasteiger partial charge in [-0.05, 0) is 18.9 Å². The van der Waals surface area contributed by atoms with Crippen molar-refractivity contribution in [1.29, 1.82) is 0 Å². The van der Waals surface area contributed by atoms with E-state index in [9.17, 15) is 9.90 Å². The first-order valence-electron chi connectivity index (χ1n) is 7.44. The van der Waals surface area contributed by atoms with E-state index in [0.29, 0.717) is 12.2 Å². The average molecular weight is 296 g/mol. The van der Waals surface area contributed by atoms with Gasteiger partial charge in [0.15, 0.2) is 11.5 Å². The molecular formula is C16H24O5. The fourth-order valence-corrected chi connectivity index (χ4v) is 2.06. The first kappa shape index (κ1) is 17.3. The Kier molecular flexibility index (Phi) is 7.61. The summed E-state index contributed by atoms with van der Waals surface area (Å²) in [7, 11) is 0. The smallest absolute Gasteiger partial charge is 0.504 e. The Labute approximate surface area is 125 Å². The van der Waals surface area contributed by atoms with E-state index >= 15 is 0 Å². The van der Waals surface area contributed by atoms with Gasteiger partial charge in [-0.15, -0.1) is 0 Å². The van der Waals surface area contributed by atoms with Crippen molar-refractivity contribution >= 4 is 6.16 Å². The van der Waals surface area contributed by atoms with Crippen LogP contribution in [0.2, 0.25) is 0 Å². The number of carbonyl (C=O) groups is 1. The molecule has 0 aliphatic rings. The third-order valence-corrected chi connectivity index (χ3v) is 3.21. The molecule has 5 nitrogen and oxygen atoms in total. The molecule has 1 atom stereocenters. The van der Waals surface area contributed by atoms with Crippen molar-refractivity contribution in [3.8, 4) is 11.5 Å². The molecule has 0 saturated carbocycles. The van der Waals surface area contributed by atoms with Gasteiger partial charge in [-0.25, -0.2) is 4.79 Å². The molecule has 0 fully saturated rings. The molecule has 5 heteroatoms. The van der Waals surface area contributed by atoms with Crippen molar-refractivity contribution < 1.29 is 24.5 Å². The molecule has 0 aliphatic heterocycles. The van der Waals surface area contributed by atoms with Crippen LogP contribution in [0.25, 0.3) is 0 Å². The maximum absolute atomic E-state index is 10.6. The molecule has 2 N–H and O–H groups in total. The van der Waals surface area contributed by atoms with Crippen LogP contribution < -0.4 is 4.74 Å². The number of hydrogen-bond acceptors (Lipinski definition) is 4. The predicted octanol–water partition coefficient (Wildman–Crippen LogP) is 4.50. The molecule has 0 spiro atoms. The second kappa shape index (κ2) is 9.23. The maximum Gasteiger partial charge on any atom is 0.511 e. The summed E-state index contributed by atoms with van der Waals surface area (Å²) in [6.45, 7) is 4.80. The Morgan fingerprint density at radius 1 is 1.24 bits per heavy atom. The van der Waals surface area contributed by atoms with Gasteiger partial charge in [-0.3, -0.25) is 0 Å². The lowest BCUT2D eigenvalue weighted by molar-refractivity contribution is 0.0414. The van der Waals surface area contributed by atoms with Crippen LogP contribution >= 0.6 is 0 Å². The van der Waals surface area contributed by atoms with Gasteiger partial charge in [0.05, 0.1) is 6.10 Å². The molecule has 1 unspecified atom stereocenters. The topological polar surface area (TPSA) is 76.0 Å². The van der Waals surface area contributed by atoms with Gasteiger partial charge in [0.1, 0.15) is 0 Å². The van der Waals surface area contributed by atoms with Crippen LogP contribution in [-0.4, -0.2) is 23.0 Å². The van der Waals surface area contributed by atoms with Gasteiger partial charge in [0.2, 0.25) is 0 Å². The highest BCUT2D eigenvalue weighted by Crippen LogP contribution is 2.37. The average Bonchev–Trinajstić information content (AvgIpc) is 2.45. The number of para-hydroxylation sites is 1. The van der Waals surface area contributed by atoms with Crippen molar-refractivity contribution in [1.82, 2.24) is 0 Å². The van der Waals surface area contributed by atoms with E-state index in [4.69, 9.17) is 9.84 Å². The Hall–Kier alpha value is -1.75. The number of unbranched alkanes of at least 4 members (excludes halogenated alkanes) is 2. The van der Waals surface area contributed by atoms with Crippen LogP contribution in [0.5, 0.6) is 11.5 Å². The standard InChI is InChI=1S/C16H24O5/c1-3-5-9-13(20-11-6-4-2)12-8-7-10-14(15(12)17)21-16(18)19/h7-8,10,13,17H,3-6,9,11H2,1-2H3,(H,18,19). The maximum atomic E-state index is 10.6. The summed E-state index contributed by atoms with van der Waals surface area (Å²) < 4.78 is 10.4. The van der Waals surface area contributed by atoms with Gasteiger partial charge < -0.3 is 19.7 Å². The highest BCUT2D eigenvalue weighted by molar-refractivity contribution is 5.63. The minimum Gasteiger partial charge on any atom is -0.504 e. The van der Waals surface area contributed by atoms with E-state index < -0.39 is 6.16 Å². The fraction of sp³-hybridized carbons (Fsp3) is 0.562. The molecule has 118 valence electrons. The van der Waals surface area contributed by atoms with E-state index in [-0.39, 0.29) is 17.6 Å². The molecule has 0 heterocycles. The summed E-state index contributed by atoms with van der Waals surface area (Å²) >= 11 is 0. The van der Waals surface area contributed by atoms with Crippen LogP contribution in [-0.2, 0) is 4.74 Å². The summed E-state index contributed by atoms with van der Waals surface area (Å²) in [6.07, 6.45) is 3.08. The van der Waals surface area contributed by atoms with Crippen molar-refractivity contribution in [3.05, 3.63) is 23.8 Å². The lowest BCUT2D eigenvalue weighted by Gasteiger charge is -2.20. The third-order valence-electron chi connectivity index (χ3n) is 3.21. The second-order valence-corrected chi connectivity index (χ2v) is 4.92. The van der Waals surface area contributed by atoms with Gasteiger partial charge in [0, 0.05) is 12.2 Å². The molecule has 0 amide bonds. The zero-order valence-electron chi connectivity index (χ0n) is 12.7. The number of rotatable bonds is 9. The molecule has 1 rings (SSSR count). The number of phenols is 1.